The third-order valence-electron chi connectivity index (χ3n) is 1.48. The highest BCUT2D eigenvalue weighted by molar-refractivity contribution is 5.98. The van der Waals surface area contributed by atoms with Crippen molar-refractivity contribution in [3.05, 3.63) is 43.0 Å². The molecule has 3 N–H and O–H groups in total. The molecule has 0 amide bonds. The lowest BCUT2D eigenvalue weighted by molar-refractivity contribution is 0.475. The summed E-state index contributed by atoms with van der Waals surface area (Å²) in [5, 5.41) is 12.5. The van der Waals surface area contributed by atoms with Crippen molar-refractivity contribution < 1.29 is 5.11 Å². The Balaban J connectivity index is 0. The van der Waals surface area contributed by atoms with Gasteiger partial charge in [0.05, 0.1) is 5.71 Å². The Bertz CT molecular complexity index is 278. The summed E-state index contributed by atoms with van der Waals surface area (Å²) in [6.45, 7) is 11.8. The first-order chi connectivity index (χ1) is 7.24. The second-order valence-electron chi connectivity index (χ2n) is 2.26. The van der Waals surface area contributed by atoms with Gasteiger partial charge in [-0.1, -0.05) is 13.8 Å². The van der Waals surface area contributed by atoms with Gasteiger partial charge in [0.25, 0.3) is 0 Å². The lowest BCUT2D eigenvalue weighted by Crippen LogP contribution is -1.97. The van der Waals surface area contributed by atoms with Gasteiger partial charge in [0, 0.05) is 0 Å². The van der Waals surface area contributed by atoms with Crippen LogP contribution in [-0.2, 0) is 0 Å². The van der Waals surface area contributed by atoms with Crippen LogP contribution in [0.2, 0.25) is 0 Å². The number of aromatic hydroxyl groups is 1. The van der Waals surface area contributed by atoms with Crippen molar-refractivity contribution in [1.82, 2.24) is 0 Å². The number of phenols is 1. The van der Waals surface area contributed by atoms with Gasteiger partial charge in [-0.3, -0.25) is 0 Å². The van der Waals surface area contributed by atoms with E-state index in [9.17, 15) is 0 Å². The van der Waals surface area contributed by atoms with Gasteiger partial charge in [0.15, 0.2) is 0 Å². The highest BCUT2D eigenvalue weighted by atomic mass is 16.3. The zero-order valence-electron chi connectivity index (χ0n) is 9.70. The number of hydrogen-bond donors (Lipinski definition) is 2. The van der Waals surface area contributed by atoms with Gasteiger partial charge >= 0.3 is 0 Å². The average molecular weight is 208 g/mol. The molecule has 0 aliphatic rings. The van der Waals surface area contributed by atoms with E-state index in [1.807, 2.05) is 20.8 Å². The van der Waals surface area contributed by atoms with Crippen LogP contribution in [0.25, 0.3) is 0 Å². The van der Waals surface area contributed by atoms with E-state index in [1.165, 1.54) is 0 Å². The molecule has 0 atom stereocenters. The number of hydrazone groups is 1. The van der Waals surface area contributed by atoms with Crippen molar-refractivity contribution in [2.45, 2.75) is 20.8 Å². The fourth-order valence-electron chi connectivity index (χ4n) is 0.777. The van der Waals surface area contributed by atoms with Crippen LogP contribution < -0.4 is 5.84 Å². The second kappa shape index (κ2) is 10.3. The fraction of sp³-hybridized carbons (Fsp3) is 0.250. The predicted molar refractivity (Wildman–Crippen MR) is 67.1 cm³/mol. The minimum Gasteiger partial charge on any atom is -0.508 e. The van der Waals surface area contributed by atoms with Gasteiger partial charge in [0.1, 0.15) is 5.75 Å². The lowest BCUT2D eigenvalue weighted by atomic mass is 10.1. The molecule has 15 heavy (non-hydrogen) atoms. The zero-order chi connectivity index (χ0) is 12.3. The number of rotatable bonds is 1. The molecule has 1 aromatic carbocycles. The molecule has 0 radical (unpaired) electrons. The van der Waals surface area contributed by atoms with E-state index < -0.39 is 0 Å². The number of benzene rings is 1. The van der Waals surface area contributed by atoms with E-state index in [-0.39, 0.29) is 5.75 Å². The van der Waals surface area contributed by atoms with E-state index in [0.717, 1.165) is 11.3 Å². The largest absolute Gasteiger partial charge is 0.508 e. The Labute approximate surface area is 91.9 Å². The van der Waals surface area contributed by atoms with Crippen LogP contribution in [-0.4, -0.2) is 10.8 Å². The summed E-state index contributed by atoms with van der Waals surface area (Å²) in [6.07, 6.45) is 0. The summed E-state index contributed by atoms with van der Waals surface area (Å²) >= 11 is 0. The molecule has 0 saturated heterocycles. The topological polar surface area (TPSA) is 58.6 Å². The van der Waals surface area contributed by atoms with Gasteiger partial charge in [-0.25, -0.2) is 0 Å². The van der Waals surface area contributed by atoms with Crippen LogP contribution in [0, 0.1) is 0 Å². The number of phenolic OH excluding ortho intramolecular Hbond substituents is 1. The van der Waals surface area contributed by atoms with Crippen LogP contribution in [0.3, 0.4) is 0 Å². The quantitative estimate of drug-likeness (QED) is 0.322. The van der Waals surface area contributed by atoms with Crippen LogP contribution in [0.4, 0.5) is 0 Å². The van der Waals surface area contributed by atoms with Crippen molar-refractivity contribution >= 4 is 5.71 Å². The molecule has 0 fully saturated rings. The van der Waals surface area contributed by atoms with Crippen molar-refractivity contribution in [2.75, 3.05) is 0 Å². The zero-order valence-corrected chi connectivity index (χ0v) is 9.70. The predicted octanol–water partition coefficient (Wildman–Crippen LogP) is 2.90. The van der Waals surface area contributed by atoms with Gasteiger partial charge in [0.2, 0.25) is 0 Å². The smallest absolute Gasteiger partial charge is 0.115 e. The van der Waals surface area contributed by atoms with Crippen LogP contribution in [0.1, 0.15) is 26.3 Å². The molecule has 3 heteroatoms. The number of nitrogens with zero attached hydrogens (tertiary/aromatic N) is 1. The van der Waals surface area contributed by atoms with E-state index in [1.54, 1.807) is 24.3 Å². The molecule has 0 aliphatic heterocycles. The molecular weight excluding hydrogens is 188 g/mol. The molecule has 0 saturated carbocycles. The molecule has 0 heterocycles. The Morgan fingerprint density at radius 1 is 1.20 bits per heavy atom. The number of nitrogens with two attached hydrogens (primary N) is 1. The first-order valence-corrected chi connectivity index (χ1v) is 4.78. The third-order valence-corrected chi connectivity index (χ3v) is 1.48. The van der Waals surface area contributed by atoms with Crippen molar-refractivity contribution in [2.24, 2.45) is 10.9 Å². The maximum Gasteiger partial charge on any atom is 0.115 e. The van der Waals surface area contributed by atoms with E-state index in [0.29, 0.717) is 0 Å². The Morgan fingerprint density at radius 2 is 1.60 bits per heavy atom. The van der Waals surface area contributed by atoms with Crippen LogP contribution in [0.5, 0.6) is 5.75 Å². The second-order valence-corrected chi connectivity index (χ2v) is 2.26. The highest BCUT2D eigenvalue weighted by Crippen LogP contribution is 2.09. The maximum absolute atomic E-state index is 8.94. The summed E-state index contributed by atoms with van der Waals surface area (Å²) < 4.78 is 0. The van der Waals surface area contributed by atoms with Crippen LogP contribution >= 0.6 is 0 Å². The molecular formula is C12H20N2O. The van der Waals surface area contributed by atoms with E-state index in [2.05, 4.69) is 18.3 Å². The first kappa shape index (κ1) is 15.7. The van der Waals surface area contributed by atoms with Crippen LogP contribution in [0.15, 0.2) is 42.5 Å². The van der Waals surface area contributed by atoms with Gasteiger partial charge in [-0.2, -0.15) is 5.10 Å². The molecule has 0 aliphatic carbocycles. The normalized spacial score (nSPS) is 9.13. The third kappa shape index (κ3) is 6.32. The molecule has 0 unspecified atom stereocenters. The maximum atomic E-state index is 8.94. The summed E-state index contributed by atoms with van der Waals surface area (Å²) in [7, 11) is 0. The highest BCUT2D eigenvalue weighted by Gasteiger charge is 1.94. The standard InChI is InChI=1S/C8H10N2O.C2H6.C2H4/c1-6(10-9)7-2-4-8(11)5-3-7;2*1-2/h2-5,11H,9H2,1H3;1-2H3;1-2H2/b10-6-;;. The monoisotopic (exact) mass is 208 g/mol. The number of hydrogen-bond acceptors (Lipinski definition) is 3. The summed E-state index contributed by atoms with van der Waals surface area (Å²) in [5.41, 5.74) is 1.68. The SMILES string of the molecule is C/C(=N/N)c1ccc(O)cc1.C=C.CC. The molecule has 1 aromatic rings. The Kier molecular flexibility index (Phi) is 10.8. The summed E-state index contributed by atoms with van der Waals surface area (Å²) in [6, 6.07) is 6.73. The Morgan fingerprint density at radius 3 is 1.93 bits per heavy atom. The lowest BCUT2D eigenvalue weighted by Gasteiger charge is -1.97. The average Bonchev–Trinajstić information content (AvgIpc) is 2.34. The van der Waals surface area contributed by atoms with E-state index >= 15 is 0 Å². The summed E-state index contributed by atoms with van der Waals surface area (Å²) in [5.74, 6) is 5.32. The van der Waals surface area contributed by atoms with Gasteiger partial charge in [-0.05, 0) is 36.8 Å². The molecule has 0 aromatic heterocycles. The van der Waals surface area contributed by atoms with Gasteiger partial charge < -0.3 is 10.9 Å². The molecule has 0 bridgehead atoms. The molecule has 1 rings (SSSR count). The summed E-state index contributed by atoms with van der Waals surface area (Å²) in [4.78, 5) is 0. The van der Waals surface area contributed by atoms with Crippen molar-refractivity contribution in [3.8, 4) is 5.75 Å². The molecule has 3 nitrogen and oxygen atoms in total. The minimum absolute atomic E-state index is 0.249. The minimum atomic E-state index is 0.249. The van der Waals surface area contributed by atoms with E-state index in [4.69, 9.17) is 10.9 Å². The fourth-order valence-corrected chi connectivity index (χ4v) is 0.777. The molecule has 0 spiro atoms. The van der Waals surface area contributed by atoms with Gasteiger partial charge in [-0.15, -0.1) is 13.2 Å². The molecule has 84 valence electrons. The Hall–Kier alpha value is -1.77. The van der Waals surface area contributed by atoms with Crippen molar-refractivity contribution in [1.29, 1.82) is 0 Å². The first-order valence-electron chi connectivity index (χ1n) is 4.78. The van der Waals surface area contributed by atoms with Crippen molar-refractivity contribution in [3.63, 3.8) is 0 Å².